The standard InChI is InChI=1S/C16H12BrN3OS/c17-12-5-1-2-6-13(12)20-15(21)9-11-10-22-16(19-11)14-7-3-4-8-18-14/h1-8,10H,9H2,(H,20,21). The van der Waals surface area contributed by atoms with Gasteiger partial charge in [0.1, 0.15) is 5.01 Å². The van der Waals surface area contributed by atoms with Gasteiger partial charge in [0.05, 0.1) is 23.5 Å². The number of nitrogens with zero attached hydrogens (tertiary/aromatic N) is 2. The molecule has 0 spiro atoms. The Bertz CT molecular complexity index is 789. The summed E-state index contributed by atoms with van der Waals surface area (Å²) in [6.07, 6.45) is 1.97. The van der Waals surface area contributed by atoms with E-state index >= 15 is 0 Å². The minimum Gasteiger partial charge on any atom is -0.325 e. The van der Waals surface area contributed by atoms with Gasteiger partial charge in [-0.15, -0.1) is 11.3 Å². The maximum absolute atomic E-state index is 12.1. The molecule has 0 aliphatic carbocycles. The van der Waals surface area contributed by atoms with Gasteiger partial charge in [-0.05, 0) is 40.2 Å². The molecule has 0 aliphatic rings. The number of hydrogen-bond acceptors (Lipinski definition) is 4. The summed E-state index contributed by atoms with van der Waals surface area (Å²) in [5.41, 5.74) is 2.33. The number of para-hydroxylation sites is 1. The van der Waals surface area contributed by atoms with E-state index in [2.05, 4.69) is 31.2 Å². The van der Waals surface area contributed by atoms with Crippen LogP contribution >= 0.6 is 27.3 Å². The molecular formula is C16H12BrN3OS. The summed E-state index contributed by atoms with van der Waals surface area (Å²) < 4.78 is 0.857. The number of halogens is 1. The largest absolute Gasteiger partial charge is 0.325 e. The fourth-order valence-corrected chi connectivity index (χ4v) is 3.10. The first-order chi connectivity index (χ1) is 10.7. The Labute approximate surface area is 140 Å². The monoisotopic (exact) mass is 373 g/mol. The molecule has 4 nitrogen and oxygen atoms in total. The highest BCUT2D eigenvalue weighted by molar-refractivity contribution is 9.10. The third-order valence-electron chi connectivity index (χ3n) is 2.93. The number of hydrogen-bond donors (Lipinski definition) is 1. The summed E-state index contributed by atoms with van der Waals surface area (Å²) in [6, 6.07) is 13.2. The summed E-state index contributed by atoms with van der Waals surface area (Å²) >= 11 is 4.90. The van der Waals surface area contributed by atoms with Crippen LogP contribution in [0.25, 0.3) is 10.7 Å². The summed E-state index contributed by atoms with van der Waals surface area (Å²) in [6.45, 7) is 0. The van der Waals surface area contributed by atoms with E-state index in [1.807, 2.05) is 47.8 Å². The maximum Gasteiger partial charge on any atom is 0.230 e. The zero-order valence-corrected chi connectivity index (χ0v) is 13.9. The van der Waals surface area contributed by atoms with E-state index in [1.165, 1.54) is 11.3 Å². The van der Waals surface area contributed by atoms with E-state index in [1.54, 1.807) is 6.20 Å². The predicted octanol–water partition coefficient (Wildman–Crippen LogP) is 4.15. The fourth-order valence-electron chi connectivity index (χ4n) is 1.92. The average Bonchev–Trinajstić information content (AvgIpc) is 2.99. The lowest BCUT2D eigenvalue weighted by Gasteiger charge is -2.05. The van der Waals surface area contributed by atoms with Crippen LogP contribution in [-0.4, -0.2) is 15.9 Å². The van der Waals surface area contributed by atoms with Gasteiger partial charge in [-0.2, -0.15) is 0 Å². The third-order valence-corrected chi connectivity index (χ3v) is 4.53. The molecule has 2 aromatic heterocycles. The molecule has 1 aromatic carbocycles. The number of pyridine rings is 1. The van der Waals surface area contributed by atoms with Crippen LogP contribution in [0.5, 0.6) is 0 Å². The zero-order chi connectivity index (χ0) is 15.4. The van der Waals surface area contributed by atoms with E-state index in [4.69, 9.17) is 0 Å². The van der Waals surface area contributed by atoms with Gasteiger partial charge in [0.15, 0.2) is 0 Å². The molecule has 0 fully saturated rings. The van der Waals surface area contributed by atoms with E-state index < -0.39 is 0 Å². The smallest absolute Gasteiger partial charge is 0.230 e. The Morgan fingerprint density at radius 1 is 1.18 bits per heavy atom. The lowest BCUT2D eigenvalue weighted by molar-refractivity contribution is -0.115. The Morgan fingerprint density at radius 3 is 2.77 bits per heavy atom. The van der Waals surface area contributed by atoms with Crippen molar-refractivity contribution in [3.05, 3.63) is 64.2 Å². The van der Waals surface area contributed by atoms with E-state index in [0.717, 1.165) is 26.6 Å². The molecular weight excluding hydrogens is 362 g/mol. The van der Waals surface area contributed by atoms with Crippen LogP contribution in [0.3, 0.4) is 0 Å². The molecule has 0 radical (unpaired) electrons. The van der Waals surface area contributed by atoms with Gasteiger partial charge in [-0.1, -0.05) is 18.2 Å². The minimum absolute atomic E-state index is 0.0928. The number of aromatic nitrogens is 2. The van der Waals surface area contributed by atoms with Crippen molar-refractivity contribution in [1.82, 2.24) is 9.97 Å². The summed E-state index contributed by atoms with van der Waals surface area (Å²) in [7, 11) is 0. The van der Waals surface area contributed by atoms with Crippen molar-refractivity contribution < 1.29 is 4.79 Å². The lowest BCUT2D eigenvalue weighted by Crippen LogP contribution is -2.14. The van der Waals surface area contributed by atoms with Gasteiger partial charge in [-0.3, -0.25) is 9.78 Å². The molecule has 0 atom stereocenters. The zero-order valence-electron chi connectivity index (χ0n) is 11.5. The highest BCUT2D eigenvalue weighted by Gasteiger charge is 2.10. The molecule has 1 N–H and O–H groups in total. The predicted molar refractivity (Wildman–Crippen MR) is 91.8 cm³/mol. The van der Waals surface area contributed by atoms with Crippen molar-refractivity contribution in [3.8, 4) is 10.7 Å². The molecule has 3 rings (SSSR count). The van der Waals surface area contributed by atoms with Crippen molar-refractivity contribution >= 4 is 38.9 Å². The van der Waals surface area contributed by atoms with Gasteiger partial charge >= 0.3 is 0 Å². The molecule has 22 heavy (non-hydrogen) atoms. The number of rotatable bonds is 4. The SMILES string of the molecule is O=C(Cc1csc(-c2ccccn2)n1)Nc1ccccc1Br. The number of carbonyl (C=O) groups is 1. The molecule has 3 aromatic rings. The average molecular weight is 374 g/mol. The number of benzene rings is 1. The van der Waals surface area contributed by atoms with Crippen molar-refractivity contribution in [1.29, 1.82) is 0 Å². The van der Waals surface area contributed by atoms with Gasteiger partial charge in [-0.25, -0.2) is 4.98 Å². The van der Waals surface area contributed by atoms with Crippen molar-refractivity contribution in [2.45, 2.75) is 6.42 Å². The topological polar surface area (TPSA) is 54.9 Å². The summed E-state index contributed by atoms with van der Waals surface area (Å²) in [4.78, 5) is 20.8. The Balaban J connectivity index is 1.68. The lowest BCUT2D eigenvalue weighted by atomic mass is 10.3. The first kappa shape index (κ1) is 14.9. The van der Waals surface area contributed by atoms with Crippen LogP contribution in [0.2, 0.25) is 0 Å². The number of anilines is 1. The molecule has 0 bridgehead atoms. The quantitative estimate of drug-likeness (QED) is 0.747. The first-order valence-corrected chi connectivity index (χ1v) is 8.30. The molecule has 0 aliphatic heterocycles. The first-order valence-electron chi connectivity index (χ1n) is 6.62. The van der Waals surface area contributed by atoms with Gasteiger partial charge in [0.25, 0.3) is 0 Å². The molecule has 0 saturated carbocycles. The van der Waals surface area contributed by atoms with E-state index in [0.29, 0.717) is 0 Å². The van der Waals surface area contributed by atoms with Gasteiger partial charge < -0.3 is 5.32 Å². The van der Waals surface area contributed by atoms with E-state index in [9.17, 15) is 4.79 Å². The number of amides is 1. The summed E-state index contributed by atoms with van der Waals surface area (Å²) in [5.74, 6) is -0.0928. The molecule has 0 saturated heterocycles. The van der Waals surface area contributed by atoms with Crippen LogP contribution in [0.15, 0.2) is 58.5 Å². The molecule has 2 heterocycles. The van der Waals surface area contributed by atoms with Crippen LogP contribution in [0, 0.1) is 0 Å². The van der Waals surface area contributed by atoms with Gasteiger partial charge in [0, 0.05) is 16.0 Å². The number of carbonyl (C=O) groups excluding carboxylic acids is 1. The molecule has 0 unspecified atom stereocenters. The normalized spacial score (nSPS) is 10.4. The van der Waals surface area contributed by atoms with Crippen LogP contribution in [-0.2, 0) is 11.2 Å². The summed E-state index contributed by atoms with van der Waals surface area (Å²) in [5, 5.41) is 5.59. The highest BCUT2D eigenvalue weighted by atomic mass is 79.9. The second kappa shape index (κ2) is 6.81. The Morgan fingerprint density at radius 2 is 2.00 bits per heavy atom. The van der Waals surface area contributed by atoms with Crippen LogP contribution in [0.4, 0.5) is 5.69 Å². The second-order valence-corrected chi connectivity index (χ2v) is 6.28. The minimum atomic E-state index is -0.0928. The second-order valence-electron chi connectivity index (χ2n) is 4.56. The molecule has 6 heteroatoms. The number of nitrogens with one attached hydrogen (secondary N) is 1. The van der Waals surface area contributed by atoms with Gasteiger partial charge in [0.2, 0.25) is 5.91 Å². The van der Waals surface area contributed by atoms with Crippen LogP contribution < -0.4 is 5.32 Å². The van der Waals surface area contributed by atoms with Crippen molar-refractivity contribution in [2.75, 3.05) is 5.32 Å². The number of thiazole rings is 1. The Hall–Kier alpha value is -2.05. The van der Waals surface area contributed by atoms with Crippen molar-refractivity contribution in [2.24, 2.45) is 0 Å². The van der Waals surface area contributed by atoms with Crippen LogP contribution in [0.1, 0.15) is 5.69 Å². The molecule has 1 amide bonds. The van der Waals surface area contributed by atoms with E-state index in [-0.39, 0.29) is 12.3 Å². The maximum atomic E-state index is 12.1. The molecule has 110 valence electrons. The third kappa shape index (κ3) is 3.58. The van der Waals surface area contributed by atoms with Crippen molar-refractivity contribution in [3.63, 3.8) is 0 Å². The fraction of sp³-hybridized carbons (Fsp3) is 0.0625. The highest BCUT2D eigenvalue weighted by Crippen LogP contribution is 2.23. The Kier molecular flexibility index (Phi) is 4.60.